The van der Waals surface area contributed by atoms with Crippen LogP contribution in [0.5, 0.6) is 5.75 Å². The van der Waals surface area contributed by atoms with E-state index in [1.807, 2.05) is 0 Å². The predicted octanol–water partition coefficient (Wildman–Crippen LogP) is 4.96. The third kappa shape index (κ3) is 6.66. The topological polar surface area (TPSA) is 21.3 Å². The van der Waals surface area contributed by atoms with E-state index in [9.17, 15) is 8.78 Å². The number of hydrogen-bond donors (Lipinski definition) is 1. The number of alkyl halides is 2. The molecule has 0 bridgehead atoms. The van der Waals surface area contributed by atoms with Crippen LogP contribution >= 0.6 is 15.9 Å². The lowest BCUT2D eigenvalue weighted by molar-refractivity contribution is -0.0505. The van der Waals surface area contributed by atoms with Crippen LogP contribution in [0.25, 0.3) is 0 Å². The summed E-state index contributed by atoms with van der Waals surface area (Å²) in [6.45, 7) is 4.20. The summed E-state index contributed by atoms with van der Waals surface area (Å²) in [5, 5.41) is 3.35. The molecule has 0 aliphatic carbocycles. The minimum atomic E-state index is -2.80. The molecule has 1 aromatic carbocycles. The van der Waals surface area contributed by atoms with E-state index in [-0.39, 0.29) is 5.75 Å². The van der Waals surface area contributed by atoms with Crippen LogP contribution < -0.4 is 10.1 Å². The molecule has 2 nitrogen and oxygen atoms in total. The van der Waals surface area contributed by atoms with Gasteiger partial charge in [-0.15, -0.1) is 0 Å². The molecular weight excluding hydrogens is 328 g/mol. The zero-order valence-electron chi connectivity index (χ0n) is 12.1. The summed E-state index contributed by atoms with van der Waals surface area (Å²) in [6.07, 6.45) is 2.21. The van der Waals surface area contributed by atoms with Crippen molar-refractivity contribution in [2.75, 3.05) is 0 Å². The highest BCUT2D eigenvalue weighted by molar-refractivity contribution is 9.10. The van der Waals surface area contributed by atoms with Crippen LogP contribution in [0.4, 0.5) is 8.78 Å². The molecule has 0 radical (unpaired) electrons. The fourth-order valence-electron chi connectivity index (χ4n) is 1.87. The van der Waals surface area contributed by atoms with E-state index in [0.29, 0.717) is 18.5 Å². The summed E-state index contributed by atoms with van der Waals surface area (Å²) in [4.78, 5) is 0. The van der Waals surface area contributed by atoms with Gasteiger partial charge < -0.3 is 10.1 Å². The molecule has 0 saturated carbocycles. The third-order valence-corrected chi connectivity index (χ3v) is 3.55. The molecule has 1 aromatic rings. The van der Waals surface area contributed by atoms with Gasteiger partial charge >= 0.3 is 6.61 Å². The van der Waals surface area contributed by atoms with Crippen molar-refractivity contribution < 1.29 is 13.5 Å². The van der Waals surface area contributed by atoms with Crippen LogP contribution in [0.1, 0.15) is 39.2 Å². The van der Waals surface area contributed by atoms with Crippen molar-refractivity contribution >= 4 is 15.9 Å². The van der Waals surface area contributed by atoms with Crippen LogP contribution in [0, 0.1) is 5.92 Å². The average molecular weight is 350 g/mol. The van der Waals surface area contributed by atoms with Crippen LogP contribution in [0.3, 0.4) is 0 Å². The monoisotopic (exact) mass is 349 g/mol. The summed E-state index contributed by atoms with van der Waals surface area (Å²) >= 11 is 3.35. The van der Waals surface area contributed by atoms with Gasteiger partial charge in [0.2, 0.25) is 0 Å². The first-order chi connectivity index (χ1) is 9.38. The van der Waals surface area contributed by atoms with E-state index in [4.69, 9.17) is 0 Å². The Morgan fingerprint density at radius 1 is 1.20 bits per heavy atom. The number of benzene rings is 1. The highest BCUT2D eigenvalue weighted by Crippen LogP contribution is 2.25. The summed E-state index contributed by atoms with van der Waals surface area (Å²) in [5.74, 6) is 0.898. The van der Waals surface area contributed by atoms with Gasteiger partial charge in [-0.1, -0.05) is 29.8 Å². The van der Waals surface area contributed by atoms with Gasteiger partial charge in [-0.05, 0) is 43.9 Å². The summed E-state index contributed by atoms with van der Waals surface area (Å²) in [6, 6.07) is 5.41. The second kappa shape index (κ2) is 8.57. The number of ether oxygens (including phenoxy) is 1. The summed E-state index contributed by atoms with van der Waals surface area (Å²) in [7, 11) is 0. The Morgan fingerprint density at radius 2 is 1.90 bits per heavy atom. The maximum absolute atomic E-state index is 12.4. The zero-order chi connectivity index (χ0) is 15.1. The van der Waals surface area contributed by atoms with Crippen LogP contribution in [0.15, 0.2) is 22.7 Å². The first-order valence-electron chi connectivity index (χ1n) is 6.85. The predicted molar refractivity (Wildman–Crippen MR) is 81.1 cm³/mol. The largest absolute Gasteiger partial charge is 0.434 e. The van der Waals surface area contributed by atoms with Gasteiger partial charge in [0, 0.05) is 22.6 Å². The van der Waals surface area contributed by atoms with Gasteiger partial charge in [0.15, 0.2) is 0 Å². The van der Waals surface area contributed by atoms with Gasteiger partial charge in [-0.2, -0.15) is 8.78 Å². The van der Waals surface area contributed by atoms with Gasteiger partial charge in [0.1, 0.15) is 5.75 Å². The zero-order valence-corrected chi connectivity index (χ0v) is 13.7. The minimum absolute atomic E-state index is 0.228. The first kappa shape index (κ1) is 17.4. The highest BCUT2D eigenvalue weighted by Gasteiger charge is 2.11. The van der Waals surface area contributed by atoms with Crippen molar-refractivity contribution in [1.29, 1.82) is 0 Å². The van der Waals surface area contributed by atoms with Gasteiger partial charge in [0.05, 0.1) is 0 Å². The van der Waals surface area contributed by atoms with Gasteiger partial charge in [-0.3, -0.25) is 0 Å². The molecule has 1 rings (SSSR count). The lowest BCUT2D eigenvalue weighted by Crippen LogP contribution is -2.26. The Morgan fingerprint density at radius 3 is 2.50 bits per heavy atom. The molecule has 5 heteroatoms. The third-order valence-electron chi connectivity index (χ3n) is 3.06. The van der Waals surface area contributed by atoms with Crippen LogP contribution in [-0.4, -0.2) is 12.7 Å². The Bertz CT molecular complexity index is 413. The summed E-state index contributed by atoms with van der Waals surface area (Å²) in [5.41, 5.74) is 0.732. The molecular formula is C15H22BrF2NO. The van der Waals surface area contributed by atoms with Crippen molar-refractivity contribution in [2.24, 2.45) is 5.92 Å². The van der Waals surface area contributed by atoms with Crippen molar-refractivity contribution in [3.05, 3.63) is 28.2 Å². The number of hydrogen-bond acceptors (Lipinski definition) is 2. The van der Waals surface area contributed by atoms with E-state index in [0.717, 1.165) is 22.9 Å². The fraction of sp³-hybridized carbons (Fsp3) is 0.600. The molecule has 0 spiro atoms. The Labute approximate surface area is 128 Å². The second-order valence-electron chi connectivity index (χ2n) is 5.38. The van der Waals surface area contributed by atoms with E-state index in [2.05, 4.69) is 46.8 Å². The first-order valence-corrected chi connectivity index (χ1v) is 7.64. The smallest absolute Gasteiger partial charge is 0.387 e. The van der Waals surface area contributed by atoms with Crippen LogP contribution in [0.2, 0.25) is 0 Å². The van der Waals surface area contributed by atoms with Gasteiger partial charge in [0.25, 0.3) is 0 Å². The fourth-order valence-corrected chi connectivity index (χ4v) is 2.28. The highest BCUT2D eigenvalue weighted by atomic mass is 79.9. The molecule has 0 fully saturated rings. The lowest BCUT2D eigenvalue weighted by atomic mass is 10.0. The standard InChI is InChI=1S/C15H22BrF2NO/c1-10(2)4-5-11(3)19-9-12-8-13(16)6-7-14(12)20-15(17)18/h6-8,10-11,15,19H,4-5,9H2,1-3H3. The molecule has 1 N–H and O–H groups in total. The van der Waals surface area contributed by atoms with Crippen molar-refractivity contribution in [3.8, 4) is 5.75 Å². The SMILES string of the molecule is CC(C)CCC(C)NCc1cc(Br)ccc1OC(F)F. The van der Waals surface area contributed by atoms with Crippen molar-refractivity contribution in [1.82, 2.24) is 5.32 Å². The average Bonchev–Trinajstić information content (AvgIpc) is 2.36. The van der Waals surface area contributed by atoms with E-state index in [1.165, 1.54) is 0 Å². The molecule has 0 heterocycles. The molecule has 0 aliphatic heterocycles. The van der Waals surface area contributed by atoms with E-state index < -0.39 is 6.61 Å². The molecule has 0 aliphatic rings. The Kier molecular flexibility index (Phi) is 7.45. The Hall–Kier alpha value is -0.680. The van der Waals surface area contributed by atoms with E-state index in [1.54, 1.807) is 18.2 Å². The lowest BCUT2D eigenvalue weighted by Gasteiger charge is -2.17. The Balaban J connectivity index is 2.59. The minimum Gasteiger partial charge on any atom is -0.434 e. The second-order valence-corrected chi connectivity index (χ2v) is 6.30. The number of halogens is 3. The molecule has 114 valence electrons. The van der Waals surface area contributed by atoms with Crippen LogP contribution in [-0.2, 0) is 6.54 Å². The molecule has 0 saturated heterocycles. The maximum Gasteiger partial charge on any atom is 0.387 e. The molecule has 20 heavy (non-hydrogen) atoms. The van der Waals surface area contributed by atoms with Crippen molar-refractivity contribution in [2.45, 2.75) is 52.8 Å². The normalized spacial score (nSPS) is 13.0. The molecule has 0 amide bonds. The van der Waals surface area contributed by atoms with Gasteiger partial charge in [-0.25, -0.2) is 0 Å². The number of nitrogens with one attached hydrogen (secondary N) is 1. The molecule has 1 atom stereocenters. The van der Waals surface area contributed by atoms with Crippen molar-refractivity contribution in [3.63, 3.8) is 0 Å². The number of rotatable bonds is 8. The summed E-state index contributed by atoms with van der Waals surface area (Å²) < 4.78 is 30.1. The molecule has 1 unspecified atom stereocenters. The quantitative estimate of drug-likeness (QED) is 0.715. The van der Waals surface area contributed by atoms with E-state index >= 15 is 0 Å². The molecule has 0 aromatic heterocycles. The maximum atomic E-state index is 12.4.